The van der Waals surface area contributed by atoms with E-state index in [0.29, 0.717) is 6.04 Å². The van der Waals surface area contributed by atoms with Gasteiger partial charge in [-0.2, -0.15) is 5.10 Å². The number of anilines is 3. The smallest absolute Gasteiger partial charge is 0.154 e. The first-order chi connectivity index (χ1) is 12.6. The lowest BCUT2D eigenvalue weighted by atomic mass is 10.0. The Kier molecular flexibility index (Phi) is 4.32. The van der Waals surface area contributed by atoms with Gasteiger partial charge in [0, 0.05) is 51.7 Å². The fraction of sp³-hybridized carbons (Fsp3) is 0.444. The molecule has 4 heterocycles. The van der Waals surface area contributed by atoms with Gasteiger partial charge in [-0.15, -0.1) is 0 Å². The Morgan fingerprint density at radius 3 is 2.69 bits per heavy atom. The molecule has 0 saturated carbocycles. The molecule has 0 radical (unpaired) electrons. The zero-order chi connectivity index (χ0) is 18.1. The summed E-state index contributed by atoms with van der Waals surface area (Å²) < 4.78 is 1.91. The van der Waals surface area contributed by atoms with E-state index < -0.39 is 0 Å². The van der Waals surface area contributed by atoms with Gasteiger partial charge in [0.2, 0.25) is 0 Å². The molecule has 1 fully saturated rings. The zero-order valence-electron chi connectivity index (χ0n) is 15.4. The summed E-state index contributed by atoms with van der Waals surface area (Å²) in [6.07, 6.45) is 7.41. The summed E-state index contributed by atoms with van der Waals surface area (Å²) in [6, 6.07) is 4.49. The van der Waals surface area contributed by atoms with Gasteiger partial charge in [-0.25, -0.2) is 19.5 Å². The van der Waals surface area contributed by atoms with Crippen molar-refractivity contribution in [2.75, 3.05) is 42.3 Å². The molecule has 4 rings (SSSR count). The Bertz CT molecular complexity index is 895. The minimum Gasteiger partial charge on any atom is -0.367 e. The maximum Gasteiger partial charge on any atom is 0.154 e. The largest absolute Gasteiger partial charge is 0.367 e. The highest BCUT2D eigenvalue weighted by atomic mass is 15.3. The Morgan fingerprint density at radius 2 is 1.92 bits per heavy atom. The van der Waals surface area contributed by atoms with Gasteiger partial charge in [0.05, 0.1) is 5.69 Å². The zero-order valence-corrected chi connectivity index (χ0v) is 15.4. The van der Waals surface area contributed by atoms with E-state index in [1.54, 1.807) is 6.33 Å². The van der Waals surface area contributed by atoms with Crippen LogP contribution < -0.4 is 15.1 Å². The van der Waals surface area contributed by atoms with Gasteiger partial charge < -0.3 is 15.1 Å². The van der Waals surface area contributed by atoms with Gasteiger partial charge in [0.15, 0.2) is 5.82 Å². The van der Waals surface area contributed by atoms with Crippen LogP contribution in [0, 0.1) is 6.92 Å². The summed E-state index contributed by atoms with van der Waals surface area (Å²) in [4.78, 5) is 17.5. The maximum atomic E-state index is 4.60. The number of nitrogens with one attached hydrogen (secondary N) is 1. The summed E-state index contributed by atoms with van der Waals surface area (Å²) in [5.74, 6) is 2.81. The van der Waals surface area contributed by atoms with Crippen LogP contribution in [0.5, 0.6) is 0 Å². The third kappa shape index (κ3) is 3.26. The van der Waals surface area contributed by atoms with Crippen LogP contribution in [-0.2, 0) is 0 Å². The molecule has 0 amide bonds. The highest BCUT2D eigenvalue weighted by Gasteiger charge is 2.22. The number of nitrogens with zero attached hydrogens (tertiary/aromatic N) is 7. The number of hydrogen-bond donors (Lipinski definition) is 1. The lowest BCUT2D eigenvalue weighted by Crippen LogP contribution is -2.39. The van der Waals surface area contributed by atoms with Crippen LogP contribution in [0.15, 0.2) is 30.9 Å². The summed E-state index contributed by atoms with van der Waals surface area (Å²) in [5.41, 5.74) is 2.08. The molecule has 26 heavy (non-hydrogen) atoms. The first-order valence-electron chi connectivity index (χ1n) is 8.92. The van der Waals surface area contributed by atoms with Gasteiger partial charge in [-0.1, -0.05) is 0 Å². The minimum absolute atomic E-state index is 0.405. The highest BCUT2D eigenvalue weighted by Crippen LogP contribution is 2.24. The topological polar surface area (TPSA) is 74.5 Å². The standard InChI is InChI=1S/C18H24N8/c1-13-10-15-18(19-6-9-26(15)23-13)25-7-4-14(5-8-25)22-16-11-17(24(2)3)21-12-20-16/h6,9-12,14H,4-5,7-8H2,1-3H3,(H,20,21,22). The van der Waals surface area contributed by atoms with Crippen LogP contribution >= 0.6 is 0 Å². The summed E-state index contributed by atoms with van der Waals surface area (Å²) >= 11 is 0. The molecule has 3 aromatic heterocycles. The van der Waals surface area contributed by atoms with Crippen molar-refractivity contribution in [2.45, 2.75) is 25.8 Å². The maximum absolute atomic E-state index is 4.60. The Morgan fingerprint density at radius 1 is 1.12 bits per heavy atom. The third-order valence-corrected chi connectivity index (χ3v) is 4.75. The molecule has 1 saturated heterocycles. The number of aromatic nitrogens is 5. The quantitative estimate of drug-likeness (QED) is 0.769. The van der Waals surface area contributed by atoms with Crippen LogP contribution in [0.2, 0.25) is 0 Å². The van der Waals surface area contributed by atoms with Crippen molar-refractivity contribution in [1.82, 2.24) is 24.6 Å². The van der Waals surface area contributed by atoms with Crippen molar-refractivity contribution in [3.05, 3.63) is 36.5 Å². The molecule has 8 nitrogen and oxygen atoms in total. The van der Waals surface area contributed by atoms with Gasteiger partial charge in [-0.05, 0) is 25.8 Å². The van der Waals surface area contributed by atoms with E-state index in [9.17, 15) is 0 Å². The summed E-state index contributed by atoms with van der Waals surface area (Å²) in [7, 11) is 3.97. The van der Waals surface area contributed by atoms with Gasteiger partial charge >= 0.3 is 0 Å². The fourth-order valence-electron chi connectivity index (χ4n) is 3.39. The van der Waals surface area contributed by atoms with Crippen molar-refractivity contribution in [3.8, 4) is 0 Å². The molecular weight excluding hydrogens is 328 g/mol. The molecule has 0 aliphatic carbocycles. The van der Waals surface area contributed by atoms with Gasteiger partial charge in [0.1, 0.15) is 23.5 Å². The molecule has 1 aliphatic heterocycles. The number of aryl methyl sites for hydroxylation is 1. The Labute approximate surface area is 152 Å². The lowest BCUT2D eigenvalue weighted by Gasteiger charge is -2.33. The van der Waals surface area contributed by atoms with Crippen LogP contribution in [0.4, 0.5) is 17.5 Å². The van der Waals surface area contributed by atoms with Crippen LogP contribution in [0.25, 0.3) is 5.52 Å². The average Bonchev–Trinajstić information content (AvgIpc) is 3.03. The van der Waals surface area contributed by atoms with Crippen molar-refractivity contribution >= 4 is 23.0 Å². The molecule has 0 unspecified atom stereocenters. The second kappa shape index (κ2) is 6.78. The van der Waals surface area contributed by atoms with Crippen LogP contribution in [0.1, 0.15) is 18.5 Å². The molecule has 0 bridgehead atoms. The molecule has 0 aromatic carbocycles. The van der Waals surface area contributed by atoms with E-state index in [-0.39, 0.29) is 0 Å². The normalized spacial score (nSPS) is 15.4. The molecule has 1 aliphatic rings. The second-order valence-corrected chi connectivity index (χ2v) is 6.93. The first-order valence-corrected chi connectivity index (χ1v) is 8.92. The minimum atomic E-state index is 0.405. The third-order valence-electron chi connectivity index (χ3n) is 4.75. The summed E-state index contributed by atoms with van der Waals surface area (Å²) in [6.45, 7) is 3.93. The fourth-order valence-corrected chi connectivity index (χ4v) is 3.39. The van der Waals surface area contributed by atoms with Crippen molar-refractivity contribution in [2.24, 2.45) is 0 Å². The van der Waals surface area contributed by atoms with E-state index >= 15 is 0 Å². The molecular formula is C18H24N8. The van der Waals surface area contributed by atoms with Crippen molar-refractivity contribution in [3.63, 3.8) is 0 Å². The van der Waals surface area contributed by atoms with E-state index in [2.05, 4.69) is 36.3 Å². The number of fused-ring (bicyclic) bond motifs is 1. The number of rotatable bonds is 4. The molecule has 0 atom stereocenters. The van der Waals surface area contributed by atoms with Crippen molar-refractivity contribution < 1.29 is 0 Å². The van der Waals surface area contributed by atoms with E-state index in [4.69, 9.17) is 0 Å². The Balaban J connectivity index is 1.43. The molecule has 136 valence electrons. The van der Waals surface area contributed by atoms with E-state index in [1.165, 1.54) is 0 Å². The lowest BCUT2D eigenvalue weighted by molar-refractivity contribution is 0.522. The highest BCUT2D eigenvalue weighted by molar-refractivity contribution is 5.69. The van der Waals surface area contributed by atoms with Crippen LogP contribution in [0.3, 0.4) is 0 Å². The van der Waals surface area contributed by atoms with E-state index in [1.807, 2.05) is 48.9 Å². The second-order valence-electron chi connectivity index (χ2n) is 6.93. The molecule has 3 aromatic rings. The molecule has 0 spiro atoms. The Hall–Kier alpha value is -2.90. The monoisotopic (exact) mass is 352 g/mol. The van der Waals surface area contributed by atoms with Crippen molar-refractivity contribution in [1.29, 1.82) is 0 Å². The van der Waals surface area contributed by atoms with Gasteiger partial charge in [-0.3, -0.25) is 0 Å². The predicted molar refractivity (Wildman–Crippen MR) is 103 cm³/mol. The molecule has 1 N–H and O–H groups in total. The van der Waals surface area contributed by atoms with E-state index in [0.717, 1.165) is 54.6 Å². The average molecular weight is 352 g/mol. The SMILES string of the molecule is Cc1cc2c(N3CCC(Nc4cc(N(C)C)ncn4)CC3)nccn2n1. The first kappa shape index (κ1) is 16.6. The number of piperidine rings is 1. The molecule has 8 heteroatoms. The number of hydrogen-bond acceptors (Lipinski definition) is 7. The van der Waals surface area contributed by atoms with Gasteiger partial charge in [0.25, 0.3) is 0 Å². The summed E-state index contributed by atoms with van der Waals surface area (Å²) in [5, 5.41) is 8.03. The van der Waals surface area contributed by atoms with Crippen LogP contribution in [-0.4, -0.2) is 57.8 Å². The predicted octanol–water partition coefficient (Wildman–Crippen LogP) is 1.97.